The molecule has 1 nitrogen and oxygen atoms in total. The lowest BCUT2D eigenvalue weighted by Gasteiger charge is -2.39. The first-order valence-corrected chi connectivity index (χ1v) is 22.5. The molecule has 0 atom stereocenters. The second-order valence-corrected chi connectivity index (χ2v) is 17.4. The van der Waals surface area contributed by atoms with Crippen molar-refractivity contribution in [2.75, 3.05) is 4.90 Å². The number of fused-ring (bicyclic) bond motifs is 8. The lowest BCUT2D eigenvalue weighted by atomic mass is 9.63. The Kier molecular flexibility index (Phi) is 8.98. The lowest BCUT2D eigenvalue weighted by molar-refractivity contribution is 0.751. The van der Waals surface area contributed by atoms with Gasteiger partial charge >= 0.3 is 0 Å². The largest absolute Gasteiger partial charge is 0.310 e. The number of nitrogens with zero attached hydrogens (tertiary/aromatic N) is 1. The quantitative estimate of drug-likeness (QED) is 0.155. The van der Waals surface area contributed by atoms with Crippen molar-refractivity contribution < 1.29 is 0 Å². The Balaban J connectivity index is 1.07. The van der Waals surface area contributed by atoms with E-state index in [1.54, 1.807) is 0 Å². The summed E-state index contributed by atoms with van der Waals surface area (Å²) in [5.41, 5.74) is 17.5. The van der Waals surface area contributed by atoms with E-state index in [1.807, 2.05) is 11.3 Å². The van der Waals surface area contributed by atoms with Crippen molar-refractivity contribution in [2.45, 2.75) is 5.41 Å². The molecule has 1 aliphatic rings. The zero-order valence-electron chi connectivity index (χ0n) is 34.5. The number of hydrogen-bond acceptors (Lipinski definition) is 2. The number of thiophene rings is 1. The second-order valence-electron chi connectivity index (χ2n) is 16.4. The van der Waals surface area contributed by atoms with E-state index in [2.05, 4.69) is 254 Å². The van der Waals surface area contributed by atoms with Gasteiger partial charge in [0.05, 0.1) is 5.41 Å². The van der Waals surface area contributed by atoms with E-state index in [0.717, 1.165) is 17.1 Å². The molecule has 0 aliphatic heterocycles. The van der Waals surface area contributed by atoms with Gasteiger partial charge in [-0.3, -0.25) is 0 Å². The Hall–Kier alpha value is -7.78. The highest BCUT2D eigenvalue weighted by atomic mass is 32.1. The van der Waals surface area contributed by atoms with Crippen molar-refractivity contribution >= 4 is 48.6 Å². The topological polar surface area (TPSA) is 3.24 Å². The van der Waals surface area contributed by atoms with Crippen LogP contribution in [-0.4, -0.2) is 0 Å². The van der Waals surface area contributed by atoms with Crippen molar-refractivity contribution in [3.8, 4) is 44.5 Å². The third-order valence-electron chi connectivity index (χ3n) is 13.0. The average molecular weight is 820 g/mol. The van der Waals surface area contributed by atoms with Gasteiger partial charge in [-0.2, -0.15) is 0 Å². The molecule has 296 valence electrons. The molecular formula is C61H41NS. The number of rotatable bonds is 7. The molecule has 2 heteroatoms. The van der Waals surface area contributed by atoms with Crippen LogP contribution in [0.4, 0.5) is 17.1 Å². The Bertz CT molecular complexity index is 3370. The standard InChI is InChI=1S/C61H41NS/c1-3-17-42(18-4-1)43-33-37-47(38-34-43)62(48-39-35-44(36-40-48)50-28-16-29-56-55-27-11-14-32-59(55)63-60(50)56)49-22-15-21-46(41-49)61(45-19-5-2-6-20-45)57-30-12-9-25-53(57)51-23-7-8-24-52(51)54-26-10-13-31-58(54)61/h1-41H. The number of hydrogen-bond donors (Lipinski definition) is 0. The van der Waals surface area contributed by atoms with Gasteiger partial charge in [0.1, 0.15) is 0 Å². The molecule has 1 heterocycles. The van der Waals surface area contributed by atoms with Crippen LogP contribution in [0, 0.1) is 0 Å². The molecule has 1 aromatic heterocycles. The Morgan fingerprint density at radius 1 is 0.302 bits per heavy atom. The molecule has 0 saturated heterocycles. The van der Waals surface area contributed by atoms with Crippen LogP contribution >= 0.6 is 11.3 Å². The van der Waals surface area contributed by atoms with E-state index in [9.17, 15) is 0 Å². The van der Waals surface area contributed by atoms with Crippen molar-refractivity contribution in [3.05, 3.63) is 271 Å². The van der Waals surface area contributed by atoms with Crippen molar-refractivity contribution in [3.63, 3.8) is 0 Å². The fourth-order valence-corrected chi connectivity index (χ4v) is 11.4. The maximum Gasteiger partial charge on any atom is 0.0714 e. The van der Waals surface area contributed by atoms with Gasteiger partial charge in [-0.15, -0.1) is 11.3 Å². The molecule has 0 amide bonds. The molecule has 0 fully saturated rings. The smallest absolute Gasteiger partial charge is 0.0714 e. The summed E-state index contributed by atoms with van der Waals surface area (Å²) < 4.78 is 2.64. The first-order chi connectivity index (χ1) is 31.3. The monoisotopic (exact) mass is 819 g/mol. The van der Waals surface area contributed by atoms with Crippen molar-refractivity contribution in [1.82, 2.24) is 0 Å². The summed E-state index contributed by atoms with van der Waals surface area (Å²) >= 11 is 1.88. The first kappa shape index (κ1) is 37.0. The molecule has 0 saturated carbocycles. The van der Waals surface area contributed by atoms with Gasteiger partial charge in [0.15, 0.2) is 0 Å². The van der Waals surface area contributed by atoms with Crippen molar-refractivity contribution in [1.29, 1.82) is 0 Å². The minimum Gasteiger partial charge on any atom is -0.310 e. The summed E-state index contributed by atoms with van der Waals surface area (Å²) in [7, 11) is 0. The van der Waals surface area contributed by atoms with Crippen LogP contribution in [-0.2, 0) is 5.41 Å². The lowest BCUT2D eigenvalue weighted by Crippen LogP contribution is -2.32. The summed E-state index contributed by atoms with van der Waals surface area (Å²) in [6.45, 7) is 0. The third kappa shape index (κ3) is 6.06. The maximum absolute atomic E-state index is 2.44. The zero-order chi connectivity index (χ0) is 41.7. The molecule has 0 radical (unpaired) electrons. The van der Waals surface area contributed by atoms with Gasteiger partial charge < -0.3 is 4.90 Å². The van der Waals surface area contributed by atoms with E-state index in [4.69, 9.17) is 0 Å². The highest BCUT2D eigenvalue weighted by molar-refractivity contribution is 7.26. The number of benzene rings is 10. The average Bonchev–Trinajstić information content (AvgIpc) is 3.70. The summed E-state index contributed by atoms with van der Waals surface area (Å²) in [6.07, 6.45) is 0. The minimum atomic E-state index is -0.640. The maximum atomic E-state index is 2.44. The van der Waals surface area contributed by atoms with E-state index >= 15 is 0 Å². The first-order valence-electron chi connectivity index (χ1n) is 21.7. The molecule has 0 unspecified atom stereocenters. The van der Waals surface area contributed by atoms with Gasteiger partial charge in [-0.25, -0.2) is 0 Å². The van der Waals surface area contributed by atoms with E-state index in [-0.39, 0.29) is 0 Å². The molecule has 10 aromatic carbocycles. The van der Waals surface area contributed by atoms with Crippen LogP contribution in [0.3, 0.4) is 0 Å². The third-order valence-corrected chi connectivity index (χ3v) is 14.2. The Morgan fingerprint density at radius 2 is 0.778 bits per heavy atom. The SMILES string of the molecule is c1ccc(-c2ccc(N(c3ccc(-c4cccc5c4sc4ccccc45)cc3)c3cccc(C4(c5ccccc5)c5ccccc5-c5ccccc5-c5ccccc54)c3)cc2)cc1. The second kappa shape index (κ2) is 15.3. The minimum absolute atomic E-state index is 0.640. The van der Waals surface area contributed by atoms with Crippen LogP contribution < -0.4 is 4.90 Å². The number of anilines is 3. The molecule has 11 aromatic rings. The summed E-state index contributed by atoms with van der Waals surface area (Å²) in [4.78, 5) is 2.42. The molecule has 1 aliphatic carbocycles. The summed E-state index contributed by atoms with van der Waals surface area (Å²) in [5.74, 6) is 0. The fourth-order valence-electron chi connectivity index (χ4n) is 10.2. The highest BCUT2D eigenvalue weighted by Crippen LogP contribution is 2.55. The van der Waals surface area contributed by atoms with Crippen LogP contribution in [0.25, 0.3) is 64.7 Å². The normalized spacial score (nSPS) is 12.6. The molecule has 0 N–H and O–H groups in total. The molecule has 12 rings (SSSR count). The molecule has 0 spiro atoms. The summed E-state index contributed by atoms with van der Waals surface area (Å²) in [6, 6.07) is 91.7. The Labute approximate surface area is 372 Å². The van der Waals surface area contributed by atoms with Gasteiger partial charge in [0.2, 0.25) is 0 Å². The van der Waals surface area contributed by atoms with Gasteiger partial charge in [-0.1, -0.05) is 206 Å². The van der Waals surface area contributed by atoms with Crippen LogP contribution in [0.5, 0.6) is 0 Å². The van der Waals surface area contributed by atoms with Crippen LogP contribution in [0.15, 0.2) is 249 Å². The molecule has 63 heavy (non-hydrogen) atoms. The predicted molar refractivity (Wildman–Crippen MR) is 268 cm³/mol. The zero-order valence-corrected chi connectivity index (χ0v) is 35.3. The highest BCUT2D eigenvalue weighted by Gasteiger charge is 2.44. The van der Waals surface area contributed by atoms with Crippen LogP contribution in [0.2, 0.25) is 0 Å². The van der Waals surface area contributed by atoms with Crippen molar-refractivity contribution in [2.24, 2.45) is 0 Å². The van der Waals surface area contributed by atoms with E-state index in [1.165, 1.54) is 86.9 Å². The van der Waals surface area contributed by atoms with E-state index < -0.39 is 5.41 Å². The fraction of sp³-hybridized carbons (Fsp3) is 0.0164. The molecule has 0 bridgehead atoms. The predicted octanol–water partition coefficient (Wildman–Crippen LogP) is 16.9. The van der Waals surface area contributed by atoms with Gasteiger partial charge in [0.25, 0.3) is 0 Å². The van der Waals surface area contributed by atoms with E-state index in [0.29, 0.717) is 0 Å². The van der Waals surface area contributed by atoms with Gasteiger partial charge in [-0.05, 0) is 109 Å². The Morgan fingerprint density at radius 3 is 1.44 bits per heavy atom. The van der Waals surface area contributed by atoms with Crippen LogP contribution in [0.1, 0.15) is 22.3 Å². The summed E-state index contributed by atoms with van der Waals surface area (Å²) in [5, 5.41) is 2.63. The van der Waals surface area contributed by atoms with Gasteiger partial charge in [0, 0.05) is 37.2 Å². The molecular weight excluding hydrogens is 779 g/mol.